The van der Waals surface area contributed by atoms with Crippen molar-refractivity contribution in [2.75, 3.05) is 6.54 Å². The van der Waals surface area contributed by atoms with E-state index in [1.54, 1.807) is 3.93 Å². The lowest BCUT2D eigenvalue weighted by Gasteiger charge is -2.22. The molecule has 1 atom stereocenters. The first-order chi connectivity index (χ1) is 4.57. The summed E-state index contributed by atoms with van der Waals surface area (Å²) in [5.74, 6) is -0.832. The smallest absolute Gasteiger partial charge is 0.336 e. The fraction of sp³-hybridized carbons (Fsp3) is 0.800. The molecule has 0 saturated carbocycles. The van der Waals surface area contributed by atoms with Gasteiger partial charge in [-0.05, 0) is 12.8 Å². The minimum Gasteiger partial charge on any atom is -0.479 e. The molecule has 0 aromatic carbocycles. The third-order valence-corrected chi connectivity index (χ3v) is 4.17. The standard InChI is InChI=1S/C5H7Br2NO2/c6-5(4(9)10)2-1-3-8(5)7/h1-3H2,(H,9,10)/t5-/m0/s1. The van der Waals surface area contributed by atoms with Crippen LogP contribution in [0.15, 0.2) is 0 Å². The van der Waals surface area contributed by atoms with E-state index in [1.165, 1.54) is 0 Å². The maximum atomic E-state index is 10.6. The summed E-state index contributed by atoms with van der Waals surface area (Å²) in [7, 11) is 0. The Morgan fingerprint density at radius 3 is 2.50 bits per heavy atom. The van der Waals surface area contributed by atoms with Gasteiger partial charge >= 0.3 is 5.97 Å². The first kappa shape index (κ1) is 8.49. The minimum atomic E-state index is -0.868. The van der Waals surface area contributed by atoms with E-state index in [-0.39, 0.29) is 0 Å². The zero-order chi connectivity index (χ0) is 7.78. The van der Waals surface area contributed by atoms with E-state index in [1.807, 2.05) is 0 Å². The van der Waals surface area contributed by atoms with Gasteiger partial charge in [0.05, 0.1) is 0 Å². The number of rotatable bonds is 1. The van der Waals surface area contributed by atoms with Crippen LogP contribution in [0.1, 0.15) is 12.8 Å². The molecule has 1 aliphatic rings. The fourth-order valence-corrected chi connectivity index (χ4v) is 2.00. The maximum absolute atomic E-state index is 10.6. The molecule has 0 spiro atoms. The number of aliphatic carboxylic acids is 1. The Balaban J connectivity index is 2.75. The Labute approximate surface area is 75.9 Å². The summed E-state index contributed by atoms with van der Waals surface area (Å²) in [5, 5.41) is 8.72. The molecule has 0 amide bonds. The molecule has 1 saturated heterocycles. The molecule has 0 radical (unpaired) electrons. The molecule has 58 valence electrons. The van der Waals surface area contributed by atoms with E-state index < -0.39 is 10.4 Å². The Morgan fingerprint density at radius 1 is 1.70 bits per heavy atom. The highest BCUT2D eigenvalue weighted by Crippen LogP contribution is 2.37. The summed E-state index contributed by atoms with van der Waals surface area (Å²) in [4.78, 5) is 10.6. The van der Waals surface area contributed by atoms with Crippen molar-refractivity contribution in [3.8, 4) is 0 Å². The number of alkyl halides is 1. The number of hydrogen-bond donors (Lipinski definition) is 1. The van der Waals surface area contributed by atoms with Gasteiger partial charge in [-0.25, -0.2) is 8.72 Å². The predicted octanol–water partition coefficient (Wildman–Crippen LogP) is 1.57. The zero-order valence-corrected chi connectivity index (χ0v) is 8.35. The molecular formula is C5H7Br2NO2. The molecule has 0 bridgehead atoms. The Morgan fingerprint density at radius 2 is 2.30 bits per heavy atom. The van der Waals surface area contributed by atoms with Gasteiger partial charge in [-0.15, -0.1) is 0 Å². The number of carbonyl (C=O) groups is 1. The zero-order valence-electron chi connectivity index (χ0n) is 5.18. The van der Waals surface area contributed by atoms with Crippen LogP contribution in [0.25, 0.3) is 0 Å². The van der Waals surface area contributed by atoms with E-state index in [9.17, 15) is 4.79 Å². The van der Waals surface area contributed by atoms with Gasteiger partial charge in [0.2, 0.25) is 0 Å². The van der Waals surface area contributed by atoms with Gasteiger partial charge in [-0.1, -0.05) is 15.9 Å². The largest absolute Gasteiger partial charge is 0.479 e. The van der Waals surface area contributed by atoms with Gasteiger partial charge < -0.3 is 5.11 Å². The summed E-state index contributed by atoms with van der Waals surface area (Å²) < 4.78 is 0.759. The summed E-state index contributed by atoms with van der Waals surface area (Å²) >= 11 is 6.32. The van der Waals surface area contributed by atoms with Gasteiger partial charge in [0.15, 0.2) is 4.45 Å². The highest BCUT2D eigenvalue weighted by molar-refractivity contribution is 9.11. The normalized spacial score (nSPS) is 34.6. The van der Waals surface area contributed by atoms with E-state index in [2.05, 4.69) is 32.1 Å². The monoisotopic (exact) mass is 271 g/mol. The average molecular weight is 273 g/mol. The molecule has 0 aromatic heterocycles. The van der Waals surface area contributed by atoms with Gasteiger partial charge in [-0.3, -0.25) is 0 Å². The fourth-order valence-electron chi connectivity index (χ4n) is 0.961. The van der Waals surface area contributed by atoms with E-state index >= 15 is 0 Å². The summed E-state index contributed by atoms with van der Waals surface area (Å²) in [5.41, 5.74) is 0. The van der Waals surface area contributed by atoms with Crippen LogP contribution in [-0.4, -0.2) is 26.0 Å². The van der Waals surface area contributed by atoms with E-state index in [0.29, 0.717) is 6.42 Å². The van der Waals surface area contributed by atoms with Crippen LogP contribution in [0, 0.1) is 0 Å². The van der Waals surface area contributed by atoms with Crippen molar-refractivity contribution in [3.05, 3.63) is 0 Å². The highest BCUT2D eigenvalue weighted by Gasteiger charge is 2.44. The molecular weight excluding hydrogens is 266 g/mol. The van der Waals surface area contributed by atoms with Crippen LogP contribution in [0.3, 0.4) is 0 Å². The van der Waals surface area contributed by atoms with Crippen molar-refractivity contribution in [2.45, 2.75) is 17.3 Å². The molecule has 1 aliphatic heterocycles. The third kappa shape index (κ3) is 1.22. The molecule has 0 aliphatic carbocycles. The maximum Gasteiger partial charge on any atom is 0.336 e. The van der Waals surface area contributed by atoms with Crippen LogP contribution in [0.5, 0.6) is 0 Å². The minimum absolute atomic E-state index is 0.646. The predicted molar refractivity (Wildman–Crippen MR) is 44.2 cm³/mol. The molecule has 1 rings (SSSR count). The van der Waals surface area contributed by atoms with Gasteiger partial charge in [0, 0.05) is 22.7 Å². The van der Waals surface area contributed by atoms with Crippen molar-refractivity contribution in [1.29, 1.82) is 0 Å². The molecule has 0 unspecified atom stereocenters. The topological polar surface area (TPSA) is 40.5 Å². The molecule has 3 nitrogen and oxygen atoms in total. The van der Waals surface area contributed by atoms with Gasteiger partial charge in [-0.2, -0.15) is 0 Å². The van der Waals surface area contributed by atoms with Crippen molar-refractivity contribution in [2.24, 2.45) is 0 Å². The average Bonchev–Trinajstić information content (AvgIpc) is 2.15. The van der Waals surface area contributed by atoms with Crippen LogP contribution >= 0.6 is 32.1 Å². The van der Waals surface area contributed by atoms with Crippen molar-refractivity contribution in [3.63, 3.8) is 0 Å². The second-order valence-corrected chi connectivity index (χ2v) is 4.42. The first-order valence-electron chi connectivity index (χ1n) is 2.93. The lowest BCUT2D eigenvalue weighted by Crippen LogP contribution is -2.39. The third-order valence-electron chi connectivity index (χ3n) is 1.57. The Hall–Kier alpha value is 0.390. The molecule has 1 fully saturated rings. The number of carboxylic acids is 1. The van der Waals surface area contributed by atoms with Crippen LogP contribution < -0.4 is 0 Å². The number of nitrogens with zero attached hydrogens (tertiary/aromatic N) is 1. The van der Waals surface area contributed by atoms with Crippen molar-refractivity contribution >= 4 is 38.0 Å². The first-order valence-corrected chi connectivity index (χ1v) is 4.43. The number of hydrogen-bond acceptors (Lipinski definition) is 2. The lowest BCUT2D eigenvalue weighted by molar-refractivity contribution is -0.141. The lowest BCUT2D eigenvalue weighted by atomic mass is 10.2. The molecule has 1 heterocycles. The van der Waals surface area contributed by atoms with Crippen LogP contribution in [0.4, 0.5) is 0 Å². The summed E-state index contributed by atoms with van der Waals surface area (Å²) in [6, 6.07) is 0. The highest BCUT2D eigenvalue weighted by atomic mass is 79.9. The molecule has 1 N–H and O–H groups in total. The molecule has 0 aromatic rings. The molecule has 10 heavy (non-hydrogen) atoms. The van der Waals surface area contributed by atoms with E-state index in [4.69, 9.17) is 5.11 Å². The van der Waals surface area contributed by atoms with Crippen LogP contribution in [-0.2, 0) is 4.79 Å². The Bertz CT molecular complexity index is 164. The number of halogens is 2. The second kappa shape index (κ2) is 2.79. The second-order valence-electron chi connectivity index (χ2n) is 2.25. The van der Waals surface area contributed by atoms with Crippen molar-refractivity contribution < 1.29 is 9.90 Å². The SMILES string of the molecule is O=C(O)[C@]1(Br)CCCN1Br. The van der Waals surface area contributed by atoms with Crippen LogP contribution in [0.2, 0.25) is 0 Å². The van der Waals surface area contributed by atoms with Gasteiger partial charge in [0.25, 0.3) is 0 Å². The summed E-state index contributed by atoms with van der Waals surface area (Å²) in [6.45, 7) is 0.775. The van der Waals surface area contributed by atoms with E-state index in [0.717, 1.165) is 13.0 Å². The number of carboxylic acid groups (broad SMARTS) is 1. The quantitative estimate of drug-likeness (QED) is 0.448. The Kier molecular flexibility index (Phi) is 2.37. The van der Waals surface area contributed by atoms with Crippen molar-refractivity contribution in [1.82, 2.24) is 3.93 Å². The van der Waals surface area contributed by atoms with Gasteiger partial charge in [0.1, 0.15) is 0 Å². The molecule has 5 heteroatoms. The summed E-state index contributed by atoms with van der Waals surface area (Å²) in [6.07, 6.45) is 1.55.